The highest BCUT2D eigenvalue weighted by Gasteiger charge is 2.55. The van der Waals surface area contributed by atoms with Crippen molar-refractivity contribution >= 4 is 6.09 Å². The van der Waals surface area contributed by atoms with Gasteiger partial charge in [-0.1, -0.05) is 0 Å². The van der Waals surface area contributed by atoms with Gasteiger partial charge in [-0.15, -0.1) is 0 Å². The molecule has 1 amide bonds. The molecule has 102 valence electrons. The summed E-state index contributed by atoms with van der Waals surface area (Å²) in [7, 11) is 0. The first-order valence-corrected chi connectivity index (χ1v) is 6.99. The lowest BCUT2D eigenvalue weighted by Crippen LogP contribution is -2.66. The Morgan fingerprint density at radius 3 is 2.22 bits per heavy atom. The number of nitrogens with zero attached hydrogens (tertiary/aromatic N) is 1. The fourth-order valence-corrected chi connectivity index (χ4v) is 4.20. The zero-order chi connectivity index (χ0) is 13.1. The summed E-state index contributed by atoms with van der Waals surface area (Å²) in [6.45, 7) is 5.70. The van der Waals surface area contributed by atoms with E-state index in [1.54, 1.807) is 0 Å². The van der Waals surface area contributed by atoms with Gasteiger partial charge in [-0.3, -0.25) is 0 Å². The van der Waals surface area contributed by atoms with Gasteiger partial charge in [0.1, 0.15) is 5.60 Å². The van der Waals surface area contributed by atoms with Gasteiger partial charge in [0.25, 0.3) is 0 Å². The molecule has 4 bridgehead atoms. The number of hydrogen-bond acceptors (Lipinski definition) is 3. The topological polar surface area (TPSA) is 49.8 Å². The molecule has 2 unspecified atom stereocenters. The molecule has 2 saturated heterocycles. The maximum Gasteiger partial charge on any atom is 0.410 e. The van der Waals surface area contributed by atoms with E-state index in [1.807, 2.05) is 25.7 Å². The maximum absolute atomic E-state index is 12.3. The number of piperidine rings is 2. The van der Waals surface area contributed by atoms with Crippen LogP contribution < -0.4 is 0 Å². The van der Waals surface area contributed by atoms with Crippen LogP contribution in [0.3, 0.4) is 0 Å². The zero-order valence-electron chi connectivity index (χ0n) is 11.5. The van der Waals surface area contributed by atoms with Crippen LogP contribution >= 0.6 is 0 Å². The third kappa shape index (κ3) is 2.00. The Balaban J connectivity index is 1.77. The van der Waals surface area contributed by atoms with E-state index in [-0.39, 0.29) is 18.2 Å². The molecule has 2 aliphatic carbocycles. The first kappa shape index (κ1) is 12.3. The van der Waals surface area contributed by atoms with Crippen LogP contribution in [0.1, 0.15) is 52.9 Å². The van der Waals surface area contributed by atoms with E-state index in [9.17, 15) is 9.90 Å². The van der Waals surface area contributed by atoms with Crippen LogP contribution in [0.25, 0.3) is 0 Å². The highest BCUT2D eigenvalue weighted by atomic mass is 16.6. The van der Waals surface area contributed by atoms with E-state index >= 15 is 0 Å². The van der Waals surface area contributed by atoms with Gasteiger partial charge in [-0.05, 0) is 58.8 Å². The number of carbonyl (C=O) groups excluding carboxylic acids is 1. The molecule has 4 atom stereocenters. The third-order valence-electron chi connectivity index (χ3n) is 4.50. The Morgan fingerprint density at radius 1 is 1.22 bits per heavy atom. The molecule has 1 N–H and O–H groups in total. The van der Waals surface area contributed by atoms with E-state index in [1.165, 1.54) is 0 Å². The monoisotopic (exact) mass is 253 g/mol. The van der Waals surface area contributed by atoms with E-state index in [0.29, 0.717) is 5.92 Å². The molecule has 0 spiro atoms. The quantitative estimate of drug-likeness (QED) is 0.720. The normalized spacial score (nSPS) is 42.2. The van der Waals surface area contributed by atoms with Crippen LogP contribution in [0.5, 0.6) is 0 Å². The SMILES string of the molecule is CC(C)(C)OC(=O)N1[C@@H]2CC3C[C@H]1CC(O)(C3)C2. The van der Waals surface area contributed by atoms with Crippen molar-refractivity contribution in [3.63, 3.8) is 0 Å². The van der Waals surface area contributed by atoms with Crippen LogP contribution in [-0.4, -0.2) is 39.4 Å². The summed E-state index contributed by atoms with van der Waals surface area (Å²) in [6.07, 6.45) is 4.29. The molecule has 2 heterocycles. The number of hydrogen-bond donors (Lipinski definition) is 1. The number of ether oxygens (including phenoxy) is 1. The minimum absolute atomic E-state index is 0.191. The fourth-order valence-electron chi connectivity index (χ4n) is 4.20. The summed E-state index contributed by atoms with van der Waals surface area (Å²) >= 11 is 0. The highest BCUT2D eigenvalue weighted by Crippen LogP contribution is 2.51. The van der Waals surface area contributed by atoms with Crippen molar-refractivity contribution in [1.29, 1.82) is 0 Å². The Labute approximate surface area is 108 Å². The van der Waals surface area contributed by atoms with Crippen molar-refractivity contribution < 1.29 is 14.6 Å². The van der Waals surface area contributed by atoms with Crippen molar-refractivity contribution in [1.82, 2.24) is 4.90 Å². The first-order chi connectivity index (χ1) is 8.26. The molecule has 4 rings (SSSR count). The first-order valence-electron chi connectivity index (χ1n) is 6.99. The average Bonchev–Trinajstić information content (AvgIpc) is 2.09. The van der Waals surface area contributed by atoms with Gasteiger partial charge in [-0.2, -0.15) is 0 Å². The second-order valence-corrected chi connectivity index (χ2v) is 7.37. The summed E-state index contributed by atoms with van der Waals surface area (Å²) in [6, 6.07) is 0.382. The van der Waals surface area contributed by atoms with Gasteiger partial charge in [0.15, 0.2) is 0 Å². The number of carbonyl (C=O) groups is 1. The number of aliphatic hydroxyl groups is 1. The molecule has 0 aromatic carbocycles. The van der Waals surface area contributed by atoms with Crippen LogP contribution in [0, 0.1) is 5.92 Å². The smallest absolute Gasteiger partial charge is 0.410 e. The summed E-state index contributed by atoms with van der Waals surface area (Å²) < 4.78 is 5.50. The minimum Gasteiger partial charge on any atom is -0.444 e. The molecule has 18 heavy (non-hydrogen) atoms. The second kappa shape index (κ2) is 3.62. The largest absolute Gasteiger partial charge is 0.444 e. The Morgan fingerprint density at radius 2 is 1.78 bits per heavy atom. The number of rotatable bonds is 0. The van der Waals surface area contributed by atoms with Crippen molar-refractivity contribution in [2.75, 3.05) is 0 Å². The van der Waals surface area contributed by atoms with Crippen LogP contribution in [-0.2, 0) is 4.74 Å². The molecular formula is C14H23NO3. The van der Waals surface area contributed by atoms with Crippen molar-refractivity contribution in [2.24, 2.45) is 5.92 Å². The van der Waals surface area contributed by atoms with Crippen molar-refractivity contribution in [3.8, 4) is 0 Å². The second-order valence-electron chi connectivity index (χ2n) is 7.37. The summed E-state index contributed by atoms with van der Waals surface area (Å²) in [5.41, 5.74) is -0.947. The molecule has 0 aromatic rings. The molecule has 2 aliphatic heterocycles. The molecule has 0 radical (unpaired) electrons. The Kier molecular flexibility index (Phi) is 2.47. The Bertz CT molecular complexity index is 358. The molecule has 2 saturated carbocycles. The van der Waals surface area contributed by atoms with Crippen LogP contribution in [0.2, 0.25) is 0 Å². The van der Waals surface area contributed by atoms with Gasteiger partial charge >= 0.3 is 6.09 Å². The third-order valence-corrected chi connectivity index (χ3v) is 4.50. The maximum atomic E-state index is 12.3. The van der Waals surface area contributed by atoms with E-state index in [0.717, 1.165) is 32.1 Å². The highest BCUT2D eigenvalue weighted by molar-refractivity contribution is 5.69. The lowest BCUT2D eigenvalue weighted by atomic mass is 9.61. The van der Waals surface area contributed by atoms with Crippen LogP contribution in [0.15, 0.2) is 0 Å². The molecule has 4 nitrogen and oxygen atoms in total. The molecule has 0 aromatic heterocycles. The lowest BCUT2D eigenvalue weighted by Gasteiger charge is -2.59. The molecular weight excluding hydrogens is 230 g/mol. The zero-order valence-corrected chi connectivity index (χ0v) is 11.5. The fraction of sp³-hybridized carbons (Fsp3) is 0.929. The van der Waals surface area contributed by atoms with E-state index < -0.39 is 11.2 Å². The van der Waals surface area contributed by atoms with Crippen molar-refractivity contribution in [3.05, 3.63) is 0 Å². The van der Waals surface area contributed by atoms with Gasteiger partial charge in [0.2, 0.25) is 0 Å². The van der Waals surface area contributed by atoms with Crippen molar-refractivity contribution in [2.45, 2.75) is 76.2 Å². The summed E-state index contributed by atoms with van der Waals surface area (Å²) in [5.74, 6) is 0.603. The van der Waals surface area contributed by atoms with Gasteiger partial charge in [-0.25, -0.2) is 4.79 Å². The van der Waals surface area contributed by atoms with Crippen LogP contribution in [0.4, 0.5) is 4.79 Å². The van der Waals surface area contributed by atoms with Gasteiger partial charge in [0.05, 0.1) is 5.60 Å². The number of amides is 1. The standard InChI is InChI=1S/C14H23NO3/c1-13(2,3)18-12(16)15-10-4-9-5-11(15)8-14(17,6-9)7-10/h9-11,17H,4-8H2,1-3H3/t9?,10-,11+,14?. The predicted molar refractivity (Wildman–Crippen MR) is 67.2 cm³/mol. The molecule has 4 aliphatic rings. The minimum atomic E-state index is -0.505. The lowest BCUT2D eigenvalue weighted by molar-refractivity contribution is -0.151. The summed E-state index contributed by atoms with van der Waals surface area (Å²) in [5, 5.41) is 10.5. The predicted octanol–water partition coefficient (Wildman–Crippen LogP) is 2.30. The summed E-state index contributed by atoms with van der Waals surface area (Å²) in [4.78, 5) is 14.2. The Hall–Kier alpha value is -0.770. The molecule has 4 fully saturated rings. The van der Waals surface area contributed by atoms with Gasteiger partial charge < -0.3 is 14.7 Å². The molecule has 4 heteroatoms. The van der Waals surface area contributed by atoms with Gasteiger partial charge in [0, 0.05) is 12.1 Å². The average molecular weight is 253 g/mol. The van der Waals surface area contributed by atoms with E-state index in [4.69, 9.17) is 4.74 Å². The van der Waals surface area contributed by atoms with E-state index in [2.05, 4.69) is 0 Å².